The maximum atomic E-state index is 12.4. The van der Waals surface area contributed by atoms with Crippen molar-refractivity contribution in [3.05, 3.63) is 35.2 Å². The van der Waals surface area contributed by atoms with Gasteiger partial charge in [0.25, 0.3) is 5.91 Å². The fourth-order valence-electron chi connectivity index (χ4n) is 2.41. The van der Waals surface area contributed by atoms with Crippen LogP contribution >= 0.6 is 22.7 Å². The molecule has 0 N–H and O–H groups in total. The molecule has 0 radical (unpaired) electrons. The highest BCUT2D eigenvalue weighted by molar-refractivity contribution is 7.33. The fraction of sp³-hybridized carbons (Fsp3) is 0.267. The van der Waals surface area contributed by atoms with Gasteiger partial charge in [-0.15, -0.1) is 22.7 Å². The normalized spacial score (nSPS) is 15.2. The third kappa shape index (κ3) is 1.78. The van der Waals surface area contributed by atoms with Crippen LogP contribution in [0, 0.1) is 0 Å². The highest BCUT2D eigenvalue weighted by Gasteiger charge is 2.30. The third-order valence-corrected chi connectivity index (χ3v) is 6.08. The van der Waals surface area contributed by atoms with Crippen LogP contribution in [0.5, 0.6) is 0 Å². The van der Waals surface area contributed by atoms with Gasteiger partial charge in [0.2, 0.25) is 0 Å². The number of hydrogen-bond acceptors (Lipinski definition) is 3. The number of thiophene rings is 2. The van der Waals surface area contributed by atoms with Crippen molar-refractivity contribution in [2.24, 2.45) is 0 Å². The number of rotatable bonds is 2. The Labute approximate surface area is 119 Å². The first-order valence-corrected chi connectivity index (χ1v) is 8.05. The minimum atomic E-state index is 0.181. The van der Waals surface area contributed by atoms with Crippen LogP contribution < -0.4 is 0 Å². The van der Waals surface area contributed by atoms with Gasteiger partial charge in [0, 0.05) is 27.9 Å². The summed E-state index contributed by atoms with van der Waals surface area (Å²) in [5.74, 6) is 0.181. The van der Waals surface area contributed by atoms with E-state index in [1.54, 1.807) is 22.7 Å². The second kappa shape index (κ2) is 4.05. The Bertz CT molecular complexity index is 782. The van der Waals surface area contributed by atoms with Gasteiger partial charge in [-0.25, -0.2) is 0 Å². The quantitative estimate of drug-likeness (QED) is 0.686. The molecule has 1 fully saturated rings. The molecule has 19 heavy (non-hydrogen) atoms. The topological polar surface area (TPSA) is 20.3 Å². The summed E-state index contributed by atoms with van der Waals surface area (Å²) in [4.78, 5) is 15.1. The van der Waals surface area contributed by atoms with Crippen LogP contribution in [0.2, 0.25) is 0 Å². The van der Waals surface area contributed by atoms with Crippen LogP contribution in [0.3, 0.4) is 0 Å². The van der Waals surface area contributed by atoms with Gasteiger partial charge in [-0.3, -0.25) is 4.79 Å². The zero-order chi connectivity index (χ0) is 13.0. The van der Waals surface area contributed by atoms with Gasteiger partial charge in [-0.2, -0.15) is 0 Å². The fourth-order valence-corrected chi connectivity index (χ4v) is 4.91. The van der Waals surface area contributed by atoms with Crippen molar-refractivity contribution in [3.63, 3.8) is 0 Å². The standard InChI is InChI=1S/C15H13NOS2/c1-16(9-6-7-9)15(17)13-8-12-14(19-13)10-4-2-3-5-11(10)18-12/h2-5,8-9H,6-7H2,1H3. The summed E-state index contributed by atoms with van der Waals surface area (Å²) in [7, 11) is 1.92. The molecule has 2 aromatic heterocycles. The Morgan fingerprint density at radius 3 is 2.79 bits per heavy atom. The first kappa shape index (κ1) is 11.4. The Balaban J connectivity index is 1.81. The largest absolute Gasteiger partial charge is 0.338 e. The van der Waals surface area contributed by atoms with Crippen molar-refractivity contribution < 1.29 is 4.79 Å². The average Bonchev–Trinajstić information content (AvgIpc) is 3.10. The predicted molar refractivity (Wildman–Crippen MR) is 82.3 cm³/mol. The molecule has 0 spiro atoms. The molecule has 4 rings (SSSR count). The molecule has 4 heteroatoms. The number of carbonyl (C=O) groups is 1. The molecule has 1 aromatic carbocycles. The van der Waals surface area contributed by atoms with Crippen LogP contribution in [0.15, 0.2) is 30.3 Å². The van der Waals surface area contributed by atoms with Crippen molar-refractivity contribution in [2.75, 3.05) is 7.05 Å². The Morgan fingerprint density at radius 1 is 1.21 bits per heavy atom. The minimum Gasteiger partial charge on any atom is -0.338 e. The van der Waals surface area contributed by atoms with E-state index in [0.29, 0.717) is 6.04 Å². The van der Waals surface area contributed by atoms with Crippen LogP contribution in [0.4, 0.5) is 0 Å². The molecular weight excluding hydrogens is 274 g/mol. The molecule has 1 aliphatic carbocycles. The minimum absolute atomic E-state index is 0.181. The lowest BCUT2D eigenvalue weighted by molar-refractivity contribution is 0.0790. The third-order valence-electron chi connectivity index (χ3n) is 3.68. The summed E-state index contributed by atoms with van der Waals surface area (Å²) in [5.41, 5.74) is 0. The second-order valence-corrected chi connectivity index (χ2v) is 7.19. The van der Waals surface area contributed by atoms with E-state index in [2.05, 4.69) is 30.3 Å². The van der Waals surface area contributed by atoms with Crippen molar-refractivity contribution >= 4 is 48.1 Å². The summed E-state index contributed by atoms with van der Waals surface area (Å²) in [6.07, 6.45) is 2.32. The van der Waals surface area contributed by atoms with E-state index >= 15 is 0 Å². The molecule has 0 saturated heterocycles. The SMILES string of the molecule is CN(C(=O)c1cc2sc3ccccc3c2s1)C1CC1. The van der Waals surface area contributed by atoms with Gasteiger partial charge in [0.15, 0.2) is 0 Å². The number of amides is 1. The molecule has 3 aromatic rings. The molecule has 0 unspecified atom stereocenters. The molecule has 2 heterocycles. The molecule has 1 aliphatic rings. The summed E-state index contributed by atoms with van der Waals surface area (Å²) in [6, 6.07) is 10.9. The molecule has 2 nitrogen and oxygen atoms in total. The predicted octanol–water partition coefficient (Wildman–Crippen LogP) is 4.35. The Kier molecular flexibility index (Phi) is 2.44. The zero-order valence-corrected chi connectivity index (χ0v) is 12.2. The summed E-state index contributed by atoms with van der Waals surface area (Å²) >= 11 is 3.41. The number of fused-ring (bicyclic) bond motifs is 3. The van der Waals surface area contributed by atoms with Crippen LogP contribution in [0.25, 0.3) is 19.5 Å². The van der Waals surface area contributed by atoms with E-state index in [0.717, 1.165) is 17.7 Å². The Morgan fingerprint density at radius 2 is 2.00 bits per heavy atom. The summed E-state index contributed by atoms with van der Waals surface area (Å²) in [6.45, 7) is 0. The smallest absolute Gasteiger partial charge is 0.263 e. The summed E-state index contributed by atoms with van der Waals surface area (Å²) in [5, 5.41) is 1.28. The number of benzene rings is 1. The van der Waals surface area contributed by atoms with Crippen molar-refractivity contribution in [1.29, 1.82) is 0 Å². The van der Waals surface area contributed by atoms with E-state index in [1.165, 1.54) is 19.5 Å². The molecule has 0 bridgehead atoms. The van der Waals surface area contributed by atoms with Gasteiger partial charge in [-0.1, -0.05) is 18.2 Å². The monoisotopic (exact) mass is 287 g/mol. The van der Waals surface area contributed by atoms with E-state index < -0.39 is 0 Å². The lowest BCUT2D eigenvalue weighted by atomic mass is 10.2. The average molecular weight is 287 g/mol. The van der Waals surface area contributed by atoms with E-state index in [9.17, 15) is 4.79 Å². The molecule has 1 amide bonds. The van der Waals surface area contributed by atoms with Gasteiger partial charge >= 0.3 is 0 Å². The van der Waals surface area contributed by atoms with E-state index in [1.807, 2.05) is 11.9 Å². The Hall–Kier alpha value is -1.39. The zero-order valence-electron chi connectivity index (χ0n) is 10.6. The van der Waals surface area contributed by atoms with E-state index in [-0.39, 0.29) is 5.91 Å². The van der Waals surface area contributed by atoms with Crippen LogP contribution in [-0.2, 0) is 0 Å². The molecular formula is C15H13NOS2. The van der Waals surface area contributed by atoms with Gasteiger partial charge in [0.05, 0.1) is 9.58 Å². The molecule has 1 saturated carbocycles. The first-order chi connectivity index (χ1) is 9.24. The van der Waals surface area contributed by atoms with Crippen molar-refractivity contribution in [3.8, 4) is 0 Å². The number of nitrogens with zero attached hydrogens (tertiary/aromatic N) is 1. The highest BCUT2D eigenvalue weighted by atomic mass is 32.1. The lowest BCUT2D eigenvalue weighted by Gasteiger charge is -2.14. The lowest BCUT2D eigenvalue weighted by Crippen LogP contribution is -2.27. The summed E-state index contributed by atoms with van der Waals surface area (Å²) < 4.78 is 3.80. The van der Waals surface area contributed by atoms with Gasteiger partial charge in [0.1, 0.15) is 0 Å². The first-order valence-electron chi connectivity index (χ1n) is 6.42. The highest BCUT2D eigenvalue weighted by Crippen LogP contribution is 2.40. The van der Waals surface area contributed by atoms with Gasteiger partial charge < -0.3 is 4.90 Å². The maximum Gasteiger partial charge on any atom is 0.263 e. The van der Waals surface area contributed by atoms with Crippen LogP contribution in [-0.4, -0.2) is 23.9 Å². The van der Waals surface area contributed by atoms with Crippen LogP contribution in [0.1, 0.15) is 22.5 Å². The molecule has 0 atom stereocenters. The second-order valence-electron chi connectivity index (χ2n) is 5.05. The van der Waals surface area contributed by atoms with E-state index in [4.69, 9.17) is 0 Å². The van der Waals surface area contributed by atoms with Crippen molar-refractivity contribution in [2.45, 2.75) is 18.9 Å². The molecule has 96 valence electrons. The number of hydrogen-bond donors (Lipinski definition) is 0. The number of carbonyl (C=O) groups excluding carboxylic acids is 1. The van der Waals surface area contributed by atoms with Gasteiger partial charge in [-0.05, 0) is 25.0 Å². The molecule has 0 aliphatic heterocycles. The maximum absolute atomic E-state index is 12.4. The van der Waals surface area contributed by atoms with Crippen molar-refractivity contribution in [1.82, 2.24) is 4.90 Å².